The van der Waals surface area contributed by atoms with E-state index in [9.17, 15) is 19.2 Å². The van der Waals surface area contributed by atoms with Crippen LogP contribution in [0, 0.1) is 7.14 Å². The Kier molecular flexibility index (Phi) is 11.3. The molecule has 182 valence electrons. The molecule has 12 heteroatoms. The maximum Gasteiger partial charge on any atom is 0.269 e. The first kappa shape index (κ1) is 27.6. The molecule has 0 bridgehead atoms. The third-order valence-electron chi connectivity index (χ3n) is 4.52. The van der Waals surface area contributed by atoms with Crippen LogP contribution in [0.25, 0.3) is 0 Å². The molecule has 4 amide bonds. The SMILES string of the molecule is COc1ccc(C(=O)NNC(=O)CCCCC(=O)NNC(=O)c2ccc(OC)c(I)c2)cc1I. The van der Waals surface area contributed by atoms with Crippen molar-refractivity contribution in [3.63, 3.8) is 0 Å². The lowest BCUT2D eigenvalue weighted by Gasteiger charge is -2.10. The van der Waals surface area contributed by atoms with Crippen LogP contribution < -0.4 is 31.2 Å². The number of carbonyl (C=O) groups is 4. The van der Waals surface area contributed by atoms with Crippen LogP contribution in [0.5, 0.6) is 11.5 Å². The quantitative estimate of drug-likeness (QED) is 0.181. The lowest BCUT2D eigenvalue weighted by Crippen LogP contribution is -2.42. The standard InChI is InChI=1S/C22H24I2N4O6/c1-33-17-9-7-13(11-15(17)23)21(31)27-25-19(29)5-3-4-6-20(30)26-28-22(32)14-8-10-18(34-2)16(24)12-14/h7-12H,3-6H2,1-2H3,(H,25,29)(H,26,30)(H,27,31)(H,28,32). The Balaban J connectivity index is 1.63. The van der Waals surface area contributed by atoms with E-state index in [0.717, 1.165) is 7.14 Å². The summed E-state index contributed by atoms with van der Waals surface area (Å²) in [6.07, 6.45) is 1.12. The van der Waals surface area contributed by atoms with Crippen LogP contribution in [0.15, 0.2) is 36.4 Å². The molecule has 0 aliphatic heterocycles. The molecule has 10 nitrogen and oxygen atoms in total. The van der Waals surface area contributed by atoms with E-state index in [-0.39, 0.29) is 24.7 Å². The lowest BCUT2D eigenvalue weighted by molar-refractivity contribution is -0.123. The predicted molar refractivity (Wildman–Crippen MR) is 141 cm³/mol. The maximum absolute atomic E-state index is 12.1. The smallest absolute Gasteiger partial charge is 0.269 e. The topological polar surface area (TPSA) is 135 Å². The Morgan fingerprint density at radius 2 is 1.06 bits per heavy atom. The first-order valence-corrected chi connectivity index (χ1v) is 12.3. The van der Waals surface area contributed by atoms with Gasteiger partial charge in [0.1, 0.15) is 11.5 Å². The monoisotopic (exact) mass is 694 g/mol. The average molecular weight is 694 g/mol. The van der Waals surface area contributed by atoms with Crippen molar-refractivity contribution >= 4 is 68.8 Å². The Labute approximate surface area is 224 Å². The Morgan fingerprint density at radius 1 is 0.676 bits per heavy atom. The molecule has 0 spiro atoms. The van der Waals surface area contributed by atoms with Gasteiger partial charge in [0.25, 0.3) is 11.8 Å². The van der Waals surface area contributed by atoms with Crippen molar-refractivity contribution in [3.05, 3.63) is 54.7 Å². The van der Waals surface area contributed by atoms with Crippen LogP contribution in [0.3, 0.4) is 0 Å². The van der Waals surface area contributed by atoms with Crippen molar-refractivity contribution in [2.75, 3.05) is 14.2 Å². The fourth-order valence-electron chi connectivity index (χ4n) is 2.71. The van der Waals surface area contributed by atoms with Gasteiger partial charge < -0.3 is 9.47 Å². The zero-order valence-corrected chi connectivity index (χ0v) is 22.8. The number of hydrogen-bond donors (Lipinski definition) is 4. The number of methoxy groups -OCH3 is 2. The number of benzene rings is 2. The summed E-state index contributed by atoms with van der Waals surface area (Å²) in [5.74, 6) is -0.342. The molecule has 0 aliphatic carbocycles. The van der Waals surface area contributed by atoms with Gasteiger partial charge in [0.05, 0.1) is 21.4 Å². The van der Waals surface area contributed by atoms with E-state index in [1.165, 1.54) is 0 Å². The van der Waals surface area contributed by atoms with Crippen LogP contribution in [-0.2, 0) is 9.59 Å². The Bertz CT molecular complexity index is 980. The van der Waals surface area contributed by atoms with Gasteiger partial charge in [0.15, 0.2) is 0 Å². The van der Waals surface area contributed by atoms with Gasteiger partial charge in [-0.05, 0) is 94.4 Å². The minimum absolute atomic E-state index is 0.129. The van der Waals surface area contributed by atoms with E-state index in [1.54, 1.807) is 50.6 Å². The van der Waals surface area contributed by atoms with E-state index in [0.29, 0.717) is 35.5 Å². The first-order valence-electron chi connectivity index (χ1n) is 10.1. The second-order valence-corrected chi connectivity index (χ2v) is 9.23. The number of carbonyl (C=O) groups excluding carboxylic acids is 4. The van der Waals surface area contributed by atoms with Crippen LogP contribution >= 0.6 is 45.2 Å². The van der Waals surface area contributed by atoms with Gasteiger partial charge in [-0.1, -0.05) is 0 Å². The fourth-order valence-corrected chi connectivity index (χ4v) is 4.18. The van der Waals surface area contributed by atoms with Crippen LogP contribution in [0.1, 0.15) is 46.4 Å². The summed E-state index contributed by atoms with van der Waals surface area (Å²) in [5.41, 5.74) is 10.2. The highest BCUT2D eigenvalue weighted by Crippen LogP contribution is 2.22. The Hall–Kier alpha value is -2.62. The molecule has 0 unspecified atom stereocenters. The lowest BCUT2D eigenvalue weighted by atomic mass is 10.2. The maximum atomic E-state index is 12.1. The zero-order valence-electron chi connectivity index (χ0n) is 18.5. The van der Waals surface area contributed by atoms with Crippen LogP contribution in [-0.4, -0.2) is 37.8 Å². The minimum atomic E-state index is -0.449. The summed E-state index contributed by atoms with van der Waals surface area (Å²) in [4.78, 5) is 48.1. The van der Waals surface area contributed by atoms with Crippen molar-refractivity contribution in [2.45, 2.75) is 25.7 Å². The molecule has 0 heterocycles. The van der Waals surface area contributed by atoms with Gasteiger partial charge in [-0.25, -0.2) is 0 Å². The number of hydrogen-bond acceptors (Lipinski definition) is 6. The highest BCUT2D eigenvalue weighted by molar-refractivity contribution is 14.1. The van der Waals surface area contributed by atoms with Gasteiger partial charge in [-0.3, -0.25) is 40.9 Å². The number of amides is 4. The molecule has 0 aromatic heterocycles. The molecule has 34 heavy (non-hydrogen) atoms. The molecule has 0 atom stereocenters. The number of ether oxygens (including phenoxy) is 2. The van der Waals surface area contributed by atoms with Crippen LogP contribution in [0.2, 0.25) is 0 Å². The van der Waals surface area contributed by atoms with Crippen molar-refractivity contribution in [3.8, 4) is 11.5 Å². The molecule has 0 aliphatic rings. The third-order valence-corrected chi connectivity index (χ3v) is 6.20. The number of nitrogens with one attached hydrogen (secondary N) is 4. The number of halogens is 2. The zero-order chi connectivity index (χ0) is 25.1. The van der Waals surface area contributed by atoms with Crippen molar-refractivity contribution in [1.82, 2.24) is 21.7 Å². The largest absolute Gasteiger partial charge is 0.496 e. The first-order chi connectivity index (χ1) is 16.2. The van der Waals surface area contributed by atoms with E-state index in [4.69, 9.17) is 9.47 Å². The Morgan fingerprint density at radius 3 is 1.38 bits per heavy atom. The fraction of sp³-hybridized carbons (Fsp3) is 0.273. The van der Waals surface area contributed by atoms with E-state index < -0.39 is 11.8 Å². The van der Waals surface area contributed by atoms with Gasteiger partial charge in [-0.2, -0.15) is 0 Å². The number of unbranched alkanes of at least 4 members (excludes halogenated alkanes) is 1. The van der Waals surface area contributed by atoms with Crippen molar-refractivity contribution < 1.29 is 28.7 Å². The molecule has 0 saturated heterocycles. The second kappa shape index (κ2) is 13.9. The van der Waals surface area contributed by atoms with Gasteiger partial charge in [0, 0.05) is 24.0 Å². The van der Waals surface area contributed by atoms with Gasteiger partial charge in [-0.15, -0.1) is 0 Å². The molecule has 0 saturated carbocycles. The van der Waals surface area contributed by atoms with E-state index in [2.05, 4.69) is 66.9 Å². The number of rotatable bonds is 9. The minimum Gasteiger partial charge on any atom is -0.496 e. The molecule has 2 aromatic rings. The summed E-state index contributed by atoms with van der Waals surface area (Å²) < 4.78 is 11.8. The normalized spacial score (nSPS) is 10.1. The average Bonchev–Trinajstić information content (AvgIpc) is 2.83. The summed E-state index contributed by atoms with van der Waals surface area (Å²) in [7, 11) is 3.08. The van der Waals surface area contributed by atoms with Crippen LogP contribution in [0.4, 0.5) is 0 Å². The van der Waals surface area contributed by atoms with Crippen molar-refractivity contribution in [2.24, 2.45) is 0 Å². The highest BCUT2D eigenvalue weighted by Gasteiger charge is 2.12. The molecule has 0 radical (unpaired) electrons. The van der Waals surface area contributed by atoms with Gasteiger partial charge >= 0.3 is 0 Å². The molecular weight excluding hydrogens is 670 g/mol. The second-order valence-electron chi connectivity index (χ2n) is 6.91. The predicted octanol–water partition coefficient (Wildman–Crippen LogP) is 2.70. The molecule has 2 aromatic carbocycles. The van der Waals surface area contributed by atoms with Crippen molar-refractivity contribution in [1.29, 1.82) is 0 Å². The summed E-state index contributed by atoms with van der Waals surface area (Å²) >= 11 is 4.10. The van der Waals surface area contributed by atoms with E-state index >= 15 is 0 Å². The van der Waals surface area contributed by atoms with E-state index in [1.807, 2.05) is 0 Å². The summed E-state index contributed by atoms with van der Waals surface area (Å²) in [6.45, 7) is 0. The number of hydrazine groups is 2. The molecular formula is C22H24I2N4O6. The summed E-state index contributed by atoms with van der Waals surface area (Å²) in [5, 5.41) is 0. The molecule has 0 fully saturated rings. The molecule has 2 rings (SSSR count). The third kappa shape index (κ3) is 8.62. The summed E-state index contributed by atoms with van der Waals surface area (Å²) in [6, 6.07) is 9.82. The van der Waals surface area contributed by atoms with Gasteiger partial charge in [0.2, 0.25) is 11.8 Å². The highest BCUT2D eigenvalue weighted by atomic mass is 127. The molecule has 4 N–H and O–H groups in total.